The summed E-state index contributed by atoms with van der Waals surface area (Å²) in [5, 5.41) is 9.08. The monoisotopic (exact) mass is 199 g/mol. The van der Waals surface area contributed by atoms with E-state index in [1.165, 1.54) is 0 Å². The number of carbonyl (C=O) groups excluding carboxylic acids is 1. The highest BCUT2D eigenvalue weighted by Crippen LogP contribution is 2.19. The van der Waals surface area contributed by atoms with Crippen molar-refractivity contribution in [3.8, 4) is 0 Å². The molecule has 1 heterocycles. The molecule has 0 aliphatic carbocycles. The average molecular weight is 199 g/mol. The molecular weight excluding hydrogens is 178 g/mol. The van der Waals surface area contributed by atoms with Gasteiger partial charge in [-0.15, -0.1) is 0 Å². The lowest BCUT2D eigenvalue weighted by Crippen LogP contribution is -2.42. The number of nitrogens with zero attached hydrogens (tertiary/aromatic N) is 1. The molecule has 3 nitrogen and oxygen atoms in total. The van der Waals surface area contributed by atoms with E-state index < -0.39 is 0 Å². The Balaban J connectivity index is 2.38. The Morgan fingerprint density at radius 2 is 2.36 bits per heavy atom. The van der Waals surface area contributed by atoms with Gasteiger partial charge >= 0.3 is 0 Å². The predicted molar refractivity (Wildman–Crippen MR) is 56.1 cm³/mol. The van der Waals surface area contributed by atoms with Gasteiger partial charge in [-0.05, 0) is 39.2 Å². The lowest BCUT2D eigenvalue weighted by Gasteiger charge is -2.35. The highest BCUT2D eigenvalue weighted by atomic mass is 16.3. The van der Waals surface area contributed by atoms with Crippen LogP contribution in [0.2, 0.25) is 0 Å². The zero-order valence-corrected chi connectivity index (χ0v) is 9.20. The number of likely N-dealkylation sites (tertiary alicyclic amines) is 1. The second-order valence-electron chi connectivity index (χ2n) is 4.44. The summed E-state index contributed by atoms with van der Waals surface area (Å²) in [5.74, 6) is 0.668. The van der Waals surface area contributed by atoms with E-state index in [1.54, 1.807) is 6.92 Å². The summed E-state index contributed by atoms with van der Waals surface area (Å²) in [6.45, 7) is 6.05. The summed E-state index contributed by atoms with van der Waals surface area (Å²) in [4.78, 5) is 13.3. The largest absolute Gasteiger partial charge is 0.396 e. The lowest BCUT2D eigenvalue weighted by molar-refractivity contribution is -0.118. The molecule has 0 aromatic heterocycles. The Labute approximate surface area is 86.1 Å². The second kappa shape index (κ2) is 5.47. The van der Waals surface area contributed by atoms with Crippen LogP contribution in [0.4, 0.5) is 0 Å². The van der Waals surface area contributed by atoms with Crippen molar-refractivity contribution in [1.82, 2.24) is 4.90 Å². The van der Waals surface area contributed by atoms with E-state index in [0.29, 0.717) is 18.4 Å². The molecule has 1 aliphatic heterocycles. The zero-order valence-electron chi connectivity index (χ0n) is 9.20. The van der Waals surface area contributed by atoms with E-state index in [0.717, 1.165) is 25.9 Å². The van der Waals surface area contributed by atoms with Gasteiger partial charge in [0, 0.05) is 25.6 Å². The first-order valence-electron chi connectivity index (χ1n) is 5.47. The third-order valence-corrected chi connectivity index (χ3v) is 3.01. The number of Topliss-reactive ketones (excluding diaryl/α,β-unsaturated/α-hetero) is 1. The van der Waals surface area contributed by atoms with E-state index in [1.807, 2.05) is 0 Å². The first kappa shape index (κ1) is 11.7. The molecular formula is C11H21NO2. The van der Waals surface area contributed by atoms with Gasteiger partial charge in [-0.3, -0.25) is 9.69 Å². The van der Waals surface area contributed by atoms with E-state index >= 15 is 0 Å². The molecule has 1 fully saturated rings. The van der Waals surface area contributed by atoms with Crippen LogP contribution in [0.3, 0.4) is 0 Å². The average Bonchev–Trinajstić information content (AvgIpc) is 2.17. The second-order valence-corrected chi connectivity index (χ2v) is 4.44. The minimum atomic E-state index is 0.253. The molecule has 0 bridgehead atoms. The van der Waals surface area contributed by atoms with Crippen molar-refractivity contribution in [1.29, 1.82) is 0 Å². The fourth-order valence-electron chi connectivity index (χ4n) is 2.19. The number of hydrogen-bond acceptors (Lipinski definition) is 3. The standard InChI is InChI=1S/C11H21NO2/c1-9(6-10(2)14)12-5-3-4-11(7-12)8-13/h9,11,13H,3-8H2,1-2H3. The Morgan fingerprint density at radius 3 is 2.93 bits per heavy atom. The summed E-state index contributed by atoms with van der Waals surface area (Å²) < 4.78 is 0. The quantitative estimate of drug-likeness (QED) is 0.736. The van der Waals surface area contributed by atoms with Crippen molar-refractivity contribution in [2.45, 2.75) is 39.2 Å². The molecule has 0 aromatic rings. The predicted octanol–water partition coefficient (Wildman–Crippen LogP) is 1.06. The van der Waals surface area contributed by atoms with Crippen LogP contribution in [0.5, 0.6) is 0 Å². The third-order valence-electron chi connectivity index (χ3n) is 3.01. The number of aliphatic hydroxyl groups is 1. The maximum absolute atomic E-state index is 11.0. The Morgan fingerprint density at radius 1 is 1.64 bits per heavy atom. The van der Waals surface area contributed by atoms with Gasteiger partial charge in [-0.1, -0.05) is 0 Å². The van der Waals surface area contributed by atoms with Gasteiger partial charge in [0.1, 0.15) is 5.78 Å². The van der Waals surface area contributed by atoms with Gasteiger partial charge < -0.3 is 5.11 Å². The van der Waals surface area contributed by atoms with E-state index in [-0.39, 0.29) is 12.4 Å². The molecule has 0 aromatic carbocycles. The maximum atomic E-state index is 11.0. The number of hydrogen-bond donors (Lipinski definition) is 1. The molecule has 14 heavy (non-hydrogen) atoms. The Hall–Kier alpha value is -0.410. The fourth-order valence-corrected chi connectivity index (χ4v) is 2.19. The van der Waals surface area contributed by atoms with E-state index in [9.17, 15) is 4.79 Å². The highest BCUT2D eigenvalue weighted by molar-refractivity contribution is 5.76. The number of aliphatic hydroxyl groups excluding tert-OH is 1. The molecule has 0 saturated carbocycles. The zero-order chi connectivity index (χ0) is 10.6. The van der Waals surface area contributed by atoms with Crippen molar-refractivity contribution in [3.05, 3.63) is 0 Å². The number of rotatable bonds is 4. The molecule has 2 unspecified atom stereocenters. The van der Waals surface area contributed by atoms with Crippen molar-refractivity contribution in [3.63, 3.8) is 0 Å². The van der Waals surface area contributed by atoms with Crippen LogP contribution in [0, 0.1) is 5.92 Å². The number of ketones is 1. The van der Waals surface area contributed by atoms with Crippen LogP contribution in [0.15, 0.2) is 0 Å². The summed E-state index contributed by atoms with van der Waals surface area (Å²) in [7, 11) is 0. The van der Waals surface area contributed by atoms with Gasteiger partial charge in [-0.25, -0.2) is 0 Å². The summed E-state index contributed by atoms with van der Waals surface area (Å²) in [6.07, 6.45) is 2.91. The summed E-state index contributed by atoms with van der Waals surface area (Å²) in [6, 6.07) is 0.335. The van der Waals surface area contributed by atoms with Crippen molar-refractivity contribution in [2.75, 3.05) is 19.7 Å². The molecule has 82 valence electrons. The topological polar surface area (TPSA) is 40.5 Å². The van der Waals surface area contributed by atoms with Crippen LogP contribution in [-0.2, 0) is 4.79 Å². The molecule has 0 amide bonds. The van der Waals surface area contributed by atoms with Crippen molar-refractivity contribution < 1.29 is 9.90 Å². The summed E-state index contributed by atoms with van der Waals surface area (Å²) in [5.41, 5.74) is 0. The minimum Gasteiger partial charge on any atom is -0.396 e. The van der Waals surface area contributed by atoms with Gasteiger partial charge in [0.15, 0.2) is 0 Å². The van der Waals surface area contributed by atoms with Crippen molar-refractivity contribution in [2.24, 2.45) is 5.92 Å². The first-order valence-corrected chi connectivity index (χ1v) is 5.47. The smallest absolute Gasteiger partial charge is 0.131 e. The molecule has 1 aliphatic rings. The van der Waals surface area contributed by atoms with E-state index in [4.69, 9.17) is 5.11 Å². The molecule has 0 radical (unpaired) electrons. The molecule has 3 heteroatoms. The minimum absolute atomic E-state index is 0.253. The first-order chi connectivity index (χ1) is 6.63. The number of piperidine rings is 1. The normalized spacial score (nSPS) is 26.1. The molecule has 1 saturated heterocycles. The Kier molecular flexibility index (Phi) is 4.55. The van der Waals surface area contributed by atoms with Gasteiger partial charge in [0.05, 0.1) is 0 Å². The molecule has 1 rings (SSSR count). The van der Waals surface area contributed by atoms with Crippen LogP contribution in [0.1, 0.15) is 33.1 Å². The van der Waals surface area contributed by atoms with Gasteiger partial charge in [0.25, 0.3) is 0 Å². The SMILES string of the molecule is CC(=O)CC(C)N1CCCC(CO)C1. The lowest BCUT2D eigenvalue weighted by atomic mass is 9.97. The highest BCUT2D eigenvalue weighted by Gasteiger charge is 2.23. The van der Waals surface area contributed by atoms with E-state index in [2.05, 4.69) is 11.8 Å². The van der Waals surface area contributed by atoms with Gasteiger partial charge in [0.2, 0.25) is 0 Å². The van der Waals surface area contributed by atoms with Gasteiger partial charge in [-0.2, -0.15) is 0 Å². The molecule has 1 N–H and O–H groups in total. The van der Waals surface area contributed by atoms with Crippen LogP contribution < -0.4 is 0 Å². The summed E-state index contributed by atoms with van der Waals surface area (Å²) >= 11 is 0. The van der Waals surface area contributed by atoms with Crippen LogP contribution in [0.25, 0.3) is 0 Å². The molecule has 2 atom stereocenters. The van der Waals surface area contributed by atoms with Crippen LogP contribution >= 0.6 is 0 Å². The molecule has 0 spiro atoms. The van der Waals surface area contributed by atoms with Crippen molar-refractivity contribution >= 4 is 5.78 Å². The van der Waals surface area contributed by atoms with Crippen LogP contribution in [-0.4, -0.2) is 41.5 Å². The number of carbonyl (C=O) groups is 1. The fraction of sp³-hybridized carbons (Fsp3) is 0.909. The third kappa shape index (κ3) is 3.39. The maximum Gasteiger partial charge on any atom is 0.131 e. The Bertz CT molecular complexity index is 194.